The normalized spacial score (nSPS) is 14.2. The molecule has 0 fully saturated rings. The Morgan fingerprint density at radius 2 is 0.485 bits per heavy atom. The Morgan fingerprint density at radius 3 is 0.691 bits per heavy atom. The van der Waals surface area contributed by atoms with Crippen molar-refractivity contribution in [2.24, 2.45) is 0 Å². The van der Waals surface area contributed by atoms with Gasteiger partial charge in [0.1, 0.15) is 0 Å². The summed E-state index contributed by atoms with van der Waals surface area (Å²) < 4.78 is 0. The molecule has 0 aromatic heterocycles. The molecule has 0 spiro atoms. The van der Waals surface area contributed by atoms with Gasteiger partial charge in [-0.2, -0.15) is 0 Å². The monoisotopic (exact) mass is 884 g/mol. The van der Waals surface area contributed by atoms with Crippen molar-refractivity contribution in [1.82, 2.24) is 0 Å². The zero-order valence-electron chi connectivity index (χ0n) is 41.7. The zero-order chi connectivity index (χ0) is 48.0. The summed E-state index contributed by atoms with van der Waals surface area (Å²) in [4.78, 5) is 30.3. The summed E-state index contributed by atoms with van der Waals surface area (Å²) >= 11 is 0. The van der Waals surface area contributed by atoms with Crippen LogP contribution in [0.1, 0.15) is 159 Å². The van der Waals surface area contributed by atoms with Crippen molar-refractivity contribution in [3.8, 4) is 0 Å². The van der Waals surface area contributed by atoms with E-state index in [4.69, 9.17) is 0 Å². The Kier molecular flexibility index (Phi) is 9.50. The van der Waals surface area contributed by atoms with Crippen LogP contribution in [0.2, 0.25) is 0 Å². The second-order valence-electron chi connectivity index (χ2n) is 23.7. The molecule has 0 heterocycles. The maximum absolute atomic E-state index is 15.2. The molecule has 0 amide bonds. The highest BCUT2D eigenvalue weighted by Gasteiger charge is 2.34. The lowest BCUT2D eigenvalue weighted by Gasteiger charge is -2.29. The fourth-order valence-corrected chi connectivity index (χ4v) is 10.9. The van der Waals surface area contributed by atoms with Gasteiger partial charge in [-0.25, -0.2) is 0 Å². The van der Waals surface area contributed by atoms with Crippen LogP contribution < -0.4 is 10.4 Å². The molecule has 11 rings (SSSR count). The van der Waals surface area contributed by atoms with Crippen LogP contribution in [0, 0.1) is 0 Å². The standard InChI is InChI=1S/C66H60O2/c1-63(2,3)41-21-25-45-53(33-41)61(67)54-34-42(64(4,5)6)22-26-46(54)57(45)59-49-29-37-17-13-15-19-39(37)31-51(49)60(52-32-40-20-16-14-18-38(40)30-50(52)59)58-47-27-23-43(65(7,8)9)35-55(47)62(68)56-36-44(66(10,11)12)24-28-48(56)58/h13-36H,1-12H3. The van der Waals surface area contributed by atoms with Gasteiger partial charge in [-0.3, -0.25) is 9.59 Å². The average Bonchev–Trinajstić information content (AvgIpc) is 3.29. The summed E-state index contributed by atoms with van der Waals surface area (Å²) in [7, 11) is 0. The van der Waals surface area contributed by atoms with E-state index in [0.717, 1.165) is 131 Å². The molecular formula is C66H60O2. The van der Waals surface area contributed by atoms with Gasteiger partial charge in [-0.1, -0.05) is 180 Å². The van der Waals surface area contributed by atoms with Crippen molar-refractivity contribution in [3.63, 3.8) is 0 Å². The van der Waals surface area contributed by atoms with Gasteiger partial charge in [0.25, 0.3) is 0 Å². The molecule has 2 aliphatic carbocycles. The molecule has 9 aromatic rings. The highest BCUT2D eigenvalue weighted by Crippen LogP contribution is 2.43. The van der Waals surface area contributed by atoms with E-state index in [1.54, 1.807) is 0 Å². The van der Waals surface area contributed by atoms with Crippen LogP contribution in [0.25, 0.3) is 54.2 Å². The molecule has 2 nitrogen and oxygen atoms in total. The molecule has 0 aliphatic heterocycles. The van der Waals surface area contributed by atoms with Crippen LogP contribution in [-0.2, 0) is 21.7 Å². The number of carbonyl (C=O) groups is 2. The van der Waals surface area contributed by atoms with Gasteiger partial charge in [-0.15, -0.1) is 0 Å². The van der Waals surface area contributed by atoms with Crippen molar-refractivity contribution < 1.29 is 9.59 Å². The summed E-state index contributed by atoms with van der Waals surface area (Å²) in [6.45, 7) is 26.6. The molecule has 0 bridgehead atoms. The van der Waals surface area contributed by atoms with Gasteiger partial charge in [-0.05, 0) is 179 Å². The molecule has 0 saturated carbocycles. The molecule has 0 unspecified atom stereocenters. The molecule has 0 radical (unpaired) electrons. The first-order valence-corrected chi connectivity index (χ1v) is 24.3. The Balaban J connectivity index is 1.46. The summed E-state index contributed by atoms with van der Waals surface area (Å²) in [5.41, 5.74) is 12.8. The first-order chi connectivity index (χ1) is 32.1. The minimum absolute atomic E-state index is 0.0666. The average molecular weight is 885 g/mol. The largest absolute Gasteiger partial charge is 0.289 e. The fraction of sp³-hybridized carbons (Fsp3) is 0.242. The van der Waals surface area contributed by atoms with Crippen LogP contribution in [0.15, 0.2) is 146 Å². The number of hydrogen-bond acceptors (Lipinski definition) is 2. The van der Waals surface area contributed by atoms with Crippen molar-refractivity contribution in [2.45, 2.75) is 105 Å². The molecule has 9 aromatic carbocycles. The number of carbonyl (C=O) groups excluding carboxylic acids is 2. The first-order valence-electron chi connectivity index (χ1n) is 24.3. The van der Waals surface area contributed by atoms with Gasteiger partial charge in [0, 0.05) is 22.3 Å². The van der Waals surface area contributed by atoms with Gasteiger partial charge >= 0.3 is 0 Å². The smallest absolute Gasteiger partial charge is 0.194 e. The second kappa shape index (κ2) is 14.8. The highest BCUT2D eigenvalue weighted by molar-refractivity contribution is 6.23. The second-order valence-corrected chi connectivity index (χ2v) is 23.7. The van der Waals surface area contributed by atoms with E-state index >= 15 is 9.59 Å². The summed E-state index contributed by atoms with van der Waals surface area (Å²) in [5, 5.41) is 11.2. The van der Waals surface area contributed by atoms with E-state index in [0.29, 0.717) is 0 Å². The molecule has 2 aliphatic rings. The lowest BCUT2D eigenvalue weighted by Crippen LogP contribution is -2.27. The molecule has 0 atom stereocenters. The van der Waals surface area contributed by atoms with Gasteiger partial charge in [0.2, 0.25) is 0 Å². The maximum atomic E-state index is 15.2. The third kappa shape index (κ3) is 6.81. The topological polar surface area (TPSA) is 34.1 Å². The predicted octanol–water partition coefficient (Wildman–Crippen LogP) is 15.1. The van der Waals surface area contributed by atoms with E-state index in [-0.39, 0.29) is 33.2 Å². The Labute approximate surface area is 401 Å². The Morgan fingerprint density at radius 1 is 0.265 bits per heavy atom. The third-order valence-electron chi connectivity index (χ3n) is 14.9. The van der Waals surface area contributed by atoms with E-state index in [1.807, 2.05) is 0 Å². The molecule has 0 saturated heterocycles. The fourth-order valence-electron chi connectivity index (χ4n) is 10.9. The van der Waals surface area contributed by atoms with Crippen LogP contribution in [-0.4, -0.2) is 11.6 Å². The zero-order valence-corrected chi connectivity index (χ0v) is 41.7. The first kappa shape index (κ1) is 43.7. The minimum Gasteiger partial charge on any atom is -0.289 e. The Hall–Kier alpha value is -6.90. The highest BCUT2D eigenvalue weighted by atomic mass is 16.1. The maximum Gasteiger partial charge on any atom is 0.194 e. The van der Waals surface area contributed by atoms with Crippen LogP contribution in [0.5, 0.6) is 0 Å². The van der Waals surface area contributed by atoms with Crippen molar-refractivity contribution >= 4 is 65.8 Å². The predicted molar refractivity (Wildman–Crippen MR) is 286 cm³/mol. The number of fused-ring (bicyclic) bond motifs is 8. The van der Waals surface area contributed by atoms with E-state index in [2.05, 4.69) is 229 Å². The summed E-state index contributed by atoms with van der Waals surface area (Å²) in [6, 6.07) is 53.3. The van der Waals surface area contributed by atoms with E-state index < -0.39 is 0 Å². The molecule has 0 N–H and O–H groups in total. The van der Waals surface area contributed by atoms with Gasteiger partial charge < -0.3 is 0 Å². The van der Waals surface area contributed by atoms with E-state index in [9.17, 15) is 0 Å². The SMILES string of the molecule is CC(C)(C)c1ccc2c(c1)C(=O)c1cc(C(C)(C)C)ccc1C2=c1c2cc3ccccc3cc2c(=C2c3ccc(C(C)(C)C)cc3C(=O)c3cc(C(C)(C)C)ccc32)c2cc3ccccc3cc12. The number of rotatable bonds is 0. The van der Waals surface area contributed by atoms with Crippen molar-refractivity contribution in [1.29, 1.82) is 0 Å². The third-order valence-corrected chi connectivity index (χ3v) is 14.9. The molecule has 2 heteroatoms. The number of ketones is 2. The lowest BCUT2D eigenvalue weighted by atomic mass is 9.73. The van der Waals surface area contributed by atoms with Gasteiger partial charge in [0.05, 0.1) is 0 Å². The molecular weight excluding hydrogens is 825 g/mol. The summed E-state index contributed by atoms with van der Waals surface area (Å²) in [6.07, 6.45) is 0. The lowest BCUT2D eigenvalue weighted by molar-refractivity contribution is 0.102. The summed E-state index contributed by atoms with van der Waals surface area (Å²) in [5.74, 6) is 0.133. The van der Waals surface area contributed by atoms with Crippen LogP contribution in [0.3, 0.4) is 0 Å². The molecule has 68 heavy (non-hydrogen) atoms. The van der Waals surface area contributed by atoms with Crippen molar-refractivity contribution in [2.75, 3.05) is 0 Å². The Bertz CT molecular complexity index is 3350. The van der Waals surface area contributed by atoms with Gasteiger partial charge in [0.15, 0.2) is 11.6 Å². The number of benzene rings is 9. The number of hydrogen-bond donors (Lipinski definition) is 0. The van der Waals surface area contributed by atoms with Crippen molar-refractivity contribution in [3.05, 3.63) is 223 Å². The van der Waals surface area contributed by atoms with Crippen LogP contribution >= 0.6 is 0 Å². The van der Waals surface area contributed by atoms with Crippen LogP contribution in [0.4, 0.5) is 0 Å². The quantitative estimate of drug-likeness (QED) is 0.142. The minimum atomic E-state index is -0.158. The van der Waals surface area contributed by atoms with E-state index in [1.165, 1.54) is 0 Å². The molecule has 336 valence electrons.